The van der Waals surface area contributed by atoms with Crippen molar-refractivity contribution in [1.29, 1.82) is 0 Å². The van der Waals surface area contributed by atoms with Crippen LogP contribution in [0.4, 0.5) is 5.69 Å². The molecule has 0 aliphatic carbocycles. The number of aryl methyl sites for hydroxylation is 2. The van der Waals surface area contributed by atoms with Gasteiger partial charge in [-0.3, -0.25) is 19.2 Å². The molecule has 1 heterocycles. The van der Waals surface area contributed by atoms with Crippen LogP contribution in [-0.2, 0) is 16.1 Å². The van der Waals surface area contributed by atoms with E-state index >= 15 is 0 Å². The molecule has 3 aromatic rings. The Balaban J connectivity index is 1.51. The maximum Gasteiger partial charge on any atom is 0.267 e. The van der Waals surface area contributed by atoms with Crippen LogP contribution in [0.3, 0.4) is 0 Å². The summed E-state index contributed by atoms with van der Waals surface area (Å²) in [6, 6.07) is 15.5. The Bertz CT molecular complexity index is 1270. The minimum absolute atomic E-state index is 0.192. The highest BCUT2D eigenvalue weighted by Crippen LogP contribution is 2.21. The summed E-state index contributed by atoms with van der Waals surface area (Å²) in [5.74, 6) is -0.883. The number of nitrogens with one attached hydrogen (secondary N) is 3. The fourth-order valence-electron chi connectivity index (χ4n) is 3.30. The molecule has 0 saturated heterocycles. The summed E-state index contributed by atoms with van der Waals surface area (Å²) >= 11 is 0. The number of carbonyl (C=O) groups excluding carboxylic acids is 3. The molecule has 34 heavy (non-hydrogen) atoms. The number of hydrogen-bond acceptors (Lipinski definition) is 5. The van der Waals surface area contributed by atoms with Crippen LogP contribution in [0.1, 0.15) is 28.4 Å². The first kappa shape index (κ1) is 24.4. The summed E-state index contributed by atoms with van der Waals surface area (Å²) in [5.41, 5.74) is 4.27. The van der Waals surface area contributed by atoms with Crippen LogP contribution in [0.25, 0.3) is 11.3 Å². The van der Waals surface area contributed by atoms with Crippen molar-refractivity contribution >= 4 is 23.4 Å². The van der Waals surface area contributed by atoms with Gasteiger partial charge >= 0.3 is 0 Å². The lowest BCUT2D eigenvalue weighted by atomic mass is 10.0. The zero-order chi connectivity index (χ0) is 24.7. The number of carbonyl (C=O) groups is 3. The lowest BCUT2D eigenvalue weighted by Crippen LogP contribution is -2.38. The monoisotopic (exact) mass is 461 g/mol. The molecule has 3 N–H and O–H groups in total. The van der Waals surface area contributed by atoms with Crippen molar-refractivity contribution in [2.75, 3.05) is 18.4 Å². The second kappa shape index (κ2) is 11.0. The van der Waals surface area contributed by atoms with Crippen molar-refractivity contribution in [3.8, 4) is 11.3 Å². The first-order valence-electron chi connectivity index (χ1n) is 10.8. The number of anilines is 1. The average molecular weight is 462 g/mol. The zero-order valence-electron chi connectivity index (χ0n) is 19.3. The molecule has 0 spiro atoms. The zero-order valence-corrected chi connectivity index (χ0v) is 19.3. The summed E-state index contributed by atoms with van der Waals surface area (Å²) in [4.78, 5) is 47.8. The van der Waals surface area contributed by atoms with E-state index in [1.165, 1.54) is 13.0 Å². The molecular weight excluding hydrogens is 434 g/mol. The maximum absolute atomic E-state index is 12.3. The molecule has 0 aliphatic heterocycles. The fraction of sp³-hybridized carbons (Fsp3) is 0.240. The molecular formula is C25H27N5O4. The van der Waals surface area contributed by atoms with Gasteiger partial charge in [-0.15, -0.1) is 0 Å². The number of rotatable bonds is 8. The Hall–Kier alpha value is -4.27. The van der Waals surface area contributed by atoms with Crippen molar-refractivity contribution in [2.24, 2.45) is 0 Å². The third-order valence-corrected chi connectivity index (χ3v) is 5.03. The lowest BCUT2D eigenvalue weighted by molar-refractivity contribution is -0.121. The molecule has 3 rings (SSSR count). The van der Waals surface area contributed by atoms with Crippen LogP contribution < -0.4 is 21.5 Å². The molecule has 0 bridgehead atoms. The fourth-order valence-corrected chi connectivity index (χ4v) is 3.30. The molecule has 0 saturated carbocycles. The van der Waals surface area contributed by atoms with Gasteiger partial charge < -0.3 is 16.0 Å². The van der Waals surface area contributed by atoms with E-state index < -0.39 is 0 Å². The molecule has 0 aliphatic rings. The maximum atomic E-state index is 12.3. The predicted molar refractivity (Wildman–Crippen MR) is 129 cm³/mol. The molecule has 9 nitrogen and oxygen atoms in total. The van der Waals surface area contributed by atoms with Gasteiger partial charge in [0.1, 0.15) is 6.54 Å². The topological polar surface area (TPSA) is 122 Å². The first-order valence-corrected chi connectivity index (χ1v) is 10.8. The van der Waals surface area contributed by atoms with Crippen molar-refractivity contribution in [3.63, 3.8) is 0 Å². The molecule has 0 unspecified atom stereocenters. The second-order valence-corrected chi connectivity index (χ2v) is 7.90. The molecule has 3 amide bonds. The molecule has 0 radical (unpaired) electrons. The summed E-state index contributed by atoms with van der Waals surface area (Å²) in [6.07, 6.45) is 0. The largest absolute Gasteiger partial charge is 0.353 e. The summed E-state index contributed by atoms with van der Waals surface area (Å²) < 4.78 is 1.13. The van der Waals surface area contributed by atoms with E-state index in [9.17, 15) is 19.2 Å². The summed E-state index contributed by atoms with van der Waals surface area (Å²) in [5, 5.41) is 12.4. The van der Waals surface area contributed by atoms with E-state index in [1.807, 2.05) is 32.0 Å². The summed E-state index contributed by atoms with van der Waals surface area (Å²) in [7, 11) is 0. The number of aromatic nitrogens is 2. The van der Waals surface area contributed by atoms with Crippen molar-refractivity contribution < 1.29 is 14.4 Å². The van der Waals surface area contributed by atoms with Crippen molar-refractivity contribution in [1.82, 2.24) is 20.4 Å². The minimum atomic E-state index is -0.387. The predicted octanol–water partition coefficient (Wildman–Crippen LogP) is 2.03. The second-order valence-electron chi connectivity index (χ2n) is 7.90. The Kier molecular flexibility index (Phi) is 7.92. The Labute approximate surface area is 197 Å². The highest BCUT2D eigenvalue weighted by atomic mass is 16.2. The first-order chi connectivity index (χ1) is 16.2. The Morgan fingerprint density at radius 3 is 2.32 bits per heavy atom. The van der Waals surface area contributed by atoms with Gasteiger partial charge in [0.2, 0.25) is 11.8 Å². The van der Waals surface area contributed by atoms with Crippen LogP contribution in [0, 0.1) is 13.8 Å². The van der Waals surface area contributed by atoms with Gasteiger partial charge in [0, 0.05) is 42.9 Å². The standard InChI is InChI=1S/C25H27N5O4/c1-16-4-5-17(2)21(14-16)22-10-11-24(33)30(29-22)15-23(32)26-12-13-27-25(34)19-6-8-20(9-7-19)28-18(3)31/h4-11,14H,12-13,15H2,1-3H3,(H,26,32)(H,27,34)(H,28,31). The number of hydrogen-bond donors (Lipinski definition) is 3. The smallest absolute Gasteiger partial charge is 0.267 e. The molecule has 0 atom stereocenters. The van der Waals surface area contributed by atoms with Gasteiger partial charge in [0.15, 0.2) is 0 Å². The van der Waals surface area contributed by atoms with E-state index in [2.05, 4.69) is 21.0 Å². The summed E-state index contributed by atoms with van der Waals surface area (Å²) in [6.45, 7) is 5.53. The molecule has 9 heteroatoms. The van der Waals surface area contributed by atoms with Gasteiger partial charge in [0.05, 0.1) is 5.69 Å². The van der Waals surface area contributed by atoms with E-state index in [-0.39, 0.29) is 42.9 Å². The van der Waals surface area contributed by atoms with E-state index in [0.717, 1.165) is 21.4 Å². The molecule has 176 valence electrons. The van der Waals surface area contributed by atoms with Gasteiger partial charge in [-0.2, -0.15) is 5.10 Å². The third kappa shape index (κ3) is 6.61. The highest BCUT2D eigenvalue weighted by Gasteiger charge is 2.10. The molecule has 0 fully saturated rings. The van der Waals surface area contributed by atoms with Crippen LogP contribution in [0.5, 0.6) is 0 Å². The van der Waals surface area contributed by atoms with E-state index in [4.69, 9.17) is 0 Å². The molecule has 2 aromatic carbocycles. The number of nitrogens with zero attached hydrogens (tertiary/aromatic N) is 2. The quantitative estimate of drug-likeness (QED) is 0.443. The van der Waals surface area contributed by atoms with Crippen molar-refractivity contribution in [3.05, 3.63) is 81.6 Å². The Morgan fingerprint density at radius 2 is 1.62 bits per heavy atom. The van der Waals surface area contributed by atoms with Crippen LogP contribution >= 0.6 is 0 Å². The third-order valence-electron chi connectivity index (χ3n) is 5.03. The van der Waals surface area contributed by atoms with Crippen LogP contribution in [0.2, 0.25) is 0 Å². The van der Waals surface area contributed by atoms with Gasteiger partial charge in [0.25, 0.3) is 11.5 Å². The van der Waals surface area contributed by atoms with Gasteiger partial charge in [-0.25, -0.2) is 4.68 Å². The SMILES string of the molecule is CC(=O)Nc1ccc(C(=O)NCCNC(=O)Cn2nc(-c3cc(C)ccc3C)ccc2=O)cc1. The normalized spacial score (nSPS) is 10.4. The van der Waals surface area contributed by atoms with Crippen LogP contribution in [-0.4, -0.2) is 40.6 Å². The minimum Gasteiger partial charge on any atom is -0.353 e. The van der Waals surface area contributed by atoms with Gasteiger partial charge in [-0.1, -0.05) is 17.7 Å². The lowest BCUT2D eigenvalue weighted by Gasteiger charge is -2.11. The Morgan fingerprint density at radius 1 is 0.912 bits per heavy atom. The molecule has 1 aromatic heterocycles. The van der Waals surface area contributed by atoms with E-state index in [1.54, 1.807) is 30.3 Å². The number of benzene rings is 2. The van der Waals surface area contributed by atoms with Crippen molar-refractivity contribution in [2.45, 2.75) is 27.3 Å². The van der Waals surface area contributed by atoms with Gasteiger partial charge in [-0.05, 0) is 55.8 Å². The average Bonchev–Trinajstić information content (AvgIpc) is 2.80. The highest BCUT2D eigenvalue weighted by molar-refractivity contribution is 5.95. The van der Waals surface area contributed by atoms with Crippen LogP contribution in [0.15, 0.2) is 59.4 Å². The van der Waals surface area contributed by atoms with E-state index in [0.29, 0.717) is 16.9 Å². The number of amides is 3.